The second-order valence-electron chi connectivity index (χ2n) is 6.33. The third-order valence-corrected chi connectivity index (χ3v) is 3.87. The van der Waals surface area contributed by atoms with Crippen molar-refractivity contribution >= 4 is 17.9 Å². The van der Waals surface area contributed by atoms with Crippen LogP contribution in [0.1, 0.15) is 36.6 Å². The SMILES string of the molecule is Cc1cc(C(=O)O)ccc1O.O=C(O)c1cc(O)c(O)c(O)c1.O=C(O)c1ccc(O)cc1. The Morgan fingerprint density at radius 1 is 0.545 bits per heavy atom. The highest BCUT2D eigenvalue weighted by Crippen LogP contribution is 2.35. The first-order valence-corrected chi connectivity index (χ1v) is 8.87. The number of aromatic carboxylic acids is 3. The summed E-state index contributed by atoms with van der Waals surface area (Å²) in [5.74, 6) is -5.10. The van der Waals surface area contributed by atoms with Crippen LogP contribution in [0.3, 0.4) is 0 Å². The van der Waals surface area contributed by atoms with Gasteiger partial charge in [-0.25, -0.2) is 14.4 Å². The first-order valence-electron chi connectivity index (χ1n) is 8.87. The number of benzene rings is 3. The third-order valence-electron chi connectivity index (χ3n) is 3.87. The Balaban J connectivity index is 0.000000249. The first-order chi connectivity index (χ1) is 15.3. The van der Waals surface area contributed by atoms with E-state index in [4.69, 9.17) is 40.9 Å². The van der Waals surface area contributed by atoms with Crippen molar-refractivity contribution in [2.45, 2.75) is 6.92 Å². The Hall–Kier alpha value is -4.93. The van der Waals surface area contributed by atoms with E-state index in [2.05, 4.69) is 0 Å². The summed E-state index contributed by atoms with van der Waals surface area (Å²) >= 11 is 0. The summed E-state index contributed by atoms with van der Waals surface area (Å²) in [7, 11) is 0. The molecule has 0 spiro atoms. The summed E-state index contributed by atoms with van der Waals surface area (Å²) < 4.78 is 0. The lowest BCUT2D eigenvalue weighted by Crippen LogP contribution is -1.95. The third kappa shape index (κ3) is 8.02. The van der Waals surface area contributed by atoms with Crippen molar-refractivity contribution in [3.63, 3.8) is 0 Å². The van der Waals surface area contributed by atoms with E-state index in [1.54, 1.807) is 6.92 Å². The number of aryl methyl sites for hydroxylation is 1. The zero-order valence-corrected chi connectivity index (χ0v) is 17.0. The largest absolute Gasteiger partial charge is 0.508 e. The van der Waals surface area contributed by atoms with Crippen LogP contribution < -0.4 is 0 Å². The number of hydrogen-bond acceptors (Lipinski definition) is 8. The molecule has 0 aliphatic heterocycles. The van der Waals surface area contributed by atoms with Gasteiger partial charge in [-0.2, -0.15) is 0 Å². The molecule has 3 rings (SSSR count). The highest BCUT2D eigenvalue weighted by molar-refractivity contribution is 5.89. The van der Waals surface area contributed by atoms with Crippen LogP contribution in [0.2, 0.25) is 0 Å². The molecule has 174 valence electrons. The van der Waals surface area contributed by atoms with Crippen LogP contribution in [-0.2, 0) is 0 Å². The van der Waals surface area contributed by atoms with Crippen LogP contribution in [-0.4, -0.2) is 58.8 Å². The molecule has 3 aromatic carbocycles. The van der Waals surface area contributed by atoms with Crippen LogP contribution in [0.25, 0.3) is 0 Å². The molecule has 0 unspecified atom stereocenters. The van der Waals surface area contributed by atoms with E-state index in [0.29, 0.717) is 5.56 Å². The molecule has 3 aromatic rings. The molecule has 0 atom stereocenters. The van der Waals surface area contributed by atoms with Gasteiger partial charge in [0.15, 0.2) is 17.2 Å². The lowest BCUT2D eigenvalue weighted by molar-refractivity contribution is 0.0685. The van der Waals surface area contributed by atoms with E-state index in [-0.39, 0.29) is 28.2 Å². The maximum absolute atomic E-state index is 10.4. The maximum Gasteiger partial charge on any atom is 0.335 e. The number of carboxylic acids is 3. The monoisotopic (exact) mass is 460 g/mol. The second kappa shape index (κ2) is 11.5. The normalized spacial score (nSPS) is 9.48. The van der Waals surface area contributed by atoms with Crippen LogP contribution >= 0.6 is 0 Å². The Morgan fingerprint density at radius 2 is 0.970 bits per heavy atom. The van der Waals surface area contributed by atoms with E-state index >= 15 is 0 Å². The van der Waals surface area contributed by atoms with Gasteiger partial charge in [0.2, 0.25) is 0 Å². The molecule has 8 N–H and O–H groups in total. The number of phenolic OH excluding ortho intramolecular Hbond substituents is 5. The minimum atomic E-state index is -1.29. The van der Waals surface area contributed by atoms with Crippen molar-refractivity contribution in [3.05, 3.63) is 76.9 Å². The summed E-state index contributed by atoms with van der Waals surface area (Å²) in [5.41, 5.74) is 0.658. The summed E-state index contributed by atoms with van der Waals surface area (Å²) in [6, 6.07) is 11.2. The van der Waals surface area contributed by atoms with Gasteiger partial charge < -0.3 is 40.9 Å². The molecule has 0 aliphatic carbocycles. The van der Waals surface area contributed by atoms with Gasteiger partial charge in [0, 0.05) is 0 Å². The Labute approximate surface area is 186 Å². The quantitative estimate of drug-likeness (QED) is 0.266. The lowest BCUT2D eigenvalue weighted by atomic mass is 10.1. The number of carboxylic acid groups (broad SMARTS) is 3. The molecule has 0 fully saturated rings. The van der Waals surface area contributed by atoms with Crippen molar-refractivity contribution in [1.29, 1.82) is 0 Å². The molecular formula is C22H20O11. The van der Waals surface area contributed by atoms with Gasteiger partial charge in [0.1, 0.15) is 11.5 Å². The molecule has 0 heterocycles. The molecule has 0 aromatic heterocycles. The average molecular weight is 460 g/mol. The summed E-state index contributed by atoms with van der Waals surface area (Å²) in [6.45, 7) is 1.65. The predicted molar refractivity (Wildman–Crippen MR) is 113 cm³/mol. The van der Waals surface area contributed by atoms with E-state index in [1.165, 1.54) is 42.5 Å². The first kappa shape index (κ1) is 26.1. The van der Waals surface area contributed by atoms with E-state index < -0.39 is 35.2 Å². The van der Waals surface area contributed by atoms with Gasteiger partial charge in [-0.3, -0.25) is 0 Å². The van der Waals surface area contributed by atoms with Crippen molar-refractivity contribution in [3.8, 4) is 28.7 Å². The number of rotatable bonds is 3. The van der Waals surface area contributed by atoms with E-state index in [0.717, 1.165) is 12.1 Å². The van der Waals surface area contributed by atoms with Gasteiger partial charge >= 0.3 is 17.9 Å². The molecule has 11 nitrogen and oxygen atoms in total. The Morgan fingerprint density at radius 3 is 1.36 bits per heavy atom. The van der Waals surface area contributed by atoms with Crippen LogP contribution in [0.5, 0.6) is 28.7 Å². The second-order valence-corrected chi connectivity index (χ2v) is 6.33. The molecule has 33 heavy (non-hydrogen) atoms. The molecule has 0 saturated carbocycles. The number of carbonyl (C=O) groups is 3. The summed E-state index contributed by atoms with van der Waals surface area (Å²) in [6.07, 6.45) is 0. The molecule has 0 saturated heterocycles. The summed E-state index contributed by atoms with van der Waals surface area (Å²) in [5, 5.41) is 69.6. The zero-order chi connectivity index (χ0) is 25.3. The standard InChI is InChI=1S/C8H8O3.C7H6O5.C7H6O3/c1-5-4-6(8(10)11)2-3-7(5)9;8-4-1-3(7(11)12)2-5(9)6(4)10;8-6-3-1-5(2-4-6)7(9)10/h2-4,9H,1H3,(H,10,11);1-2,8-10H,(H,11,12);1-4,8H,(H,9,10). The van der Waals surface area contributed by atoms with Gasteiger partial charge in [-0.1, -0.05) is 0 Å². The molecule has 11 heteroatoms. The Kier molecular flexibility index (Phi) is 9.06. The lowest BCUT2D eigenvalue weighted by Gasteiger charge is -2.01. The topological polar surface area (TPSA) is 213 Å². The molecule has 0 aliphatic rings. The fourth-order valence-corrected chi connectivity index (χ4v) is 2.12. The fourth-order valence-electron chi connectivity index (χ4n) is 2.12. The van der Waals surface area contributed by atoms with Gasteiger partial charge in [-0.15, -0.1) is 0 Å². The number of aromatic hydroxyl groups is 5. The highest BCUT2D eigenvalue weighted by Gasteiger charge is 2.11. The molecule has 0 radical (unpaired) electrons. The van der Waals surface area contributed by atoms with Crippen molar-refractivity contribution in [2.75, 3.05) is 0 Å². The molecule has 0 amide bonds. The van der Waals surface area contributed by atoms with Crippen LogP contribution in [0.15, 0.2) is 54.6 Å². The van der Waals surface area contributed by atoms with Gasteiger partial charge in [0.05, 0.1) is 16.7 Å². The van der Waals surface area contributed by atoms with Gasteiger partial charge in [-0.05, 0) is 67.1 Å². The Bertz CT molecular complexity index is 1130. The smallest absolute Gasteiger partial charge is 0.335 e. The van der Waals surface area contributed by atoms with E-state index in [9.17, 15) is 14.4 Å². The minimum Gasteiger partial charge on any atom is -0.508 e. The summed E-state index contributed by atoms with van der Waals surface area (Å²) in [4.78, 5) is 30.9. The van der Waals surface area contributed by atoms with E-state index in [1.807, 2.05) is 0 Å². The fraction of sp³-hybridized carbons (Fsp3) is 0.0455. The highest BCUT2D eigenvalue weighted by atomic mass is 16.4. The number of hydrogen-bond donors (Lipinski definition) is 8. The van der Waals surface area contributed by atoms with Crippen molar-refractivity contribution in [2.24, 2.45) is 0 Å². The van der Waals surface area contributed by atoms with Crippen LogP contribution in [0, 0.1) is 6.92 Å². The maximum atomic E-state index is 10.4. The number of phenols is 5. The zero-order valence-electron chi connectivity index (χ0n) is 17.0. The average Bonchev–Trinajstić information content (AvgIpc) is 2.74. The van der Waals surface area contributed by atoms with Crippen molar-refractivity contribution in [1.82, 2.24) is 0 Å². The minimum absolute atomic E-state index is 0.0741. The molecule has 0 bridgehead atoms. The molecular weight excluding hydrogens is 440 g/mol. The van der Waals surface area contributed by atoms with Crippen LogP contribution in [0.4, 0.5) is 0 Å². The van der Waals surface area contributed by atoms with Gasteiger partial charge in [0.25, 0.3) is 0 Å². The van der Waals surface area contributed by atoms with Crippen molar-refractivity contribution < 1.29 is 55.2 Å². The predicted octanol–water partition coefficient (Wildman–Crippen LogP) is 2.99.